The largest absolute Gasteiger partial charge is 0.497 e. The van der Waals surface area contributed by atoms with Crippen LogP contribution in [0, 0.1) is 0 Å². The van der Waals surface area contributed by atoms with E-state index in [4.69, 9.17) is 14.8 Å². The lowest BCUT2D eigenvalue weighted by molar-refractivity contribution is -0.133. The number of imidazole rings is 1. The van der Waals surface area contributed by atoms with Gasteiger partial charge < -0.3 is 14.6 Å². The standard InChI is InChI=1S/C25H29N5O2/c1-32-19-11-9-18(10-12-19)23-17-22(25-26-20-7-3-4-8-21(20)27-25)28-30(23)24(31)13-16-29-14-5-2-6-15-29/h3-4,7-12,23H,2,5-6,13-17H2,1H3,(H,26,27)/t23-/m0/s1. The Bertz CT molecular complexity index is 1080. The number of amides is 1. The number of fused-ring (bicyclic) bond motifs is 1. The Morgan fingerprint density at radius 1 is 1.09 bits per heavy atom. The highest BCUT2D eigenvalue weighted by Crippen LogP contribution is 2.34. The van der Waals surface area contributed by atoms with Crippen LogP contribution in [0.3, 0.4) is 0 Å². The molecule has 0 saturated carbocycles. The highest BCUT2D eigenvalue weighted by atomic mass is 16.5. The van der Waals surface area contributed by atoms with Gasteiger partial charge in [-0.2, -0.15) is 5.10 Å². The van der Waals surface area contributed by atoms with Gasteiger partial charge in [-0.25, -0.2) is 9.99 Å². The lowest BCUT2D eigenvalue weighted by atomic mass is 10.0. The first-order chi connectivity index (χ1) is 15.7. The smallest absolute Gasteiger partial charge is 0.244 e. The molecule has 0 spiro atoms. The molecule has 1 atom stereocenters. The molecule has 1 fully saturated rings. The van der Waals surface area contributed by atoms with Crippen LogP contribution in [0.25, 0.3) is 11.0 Å². The number of likely N-dealkylation sites (tertiary alicyclic amines) is 1. The van der Waals surface area contributed by atoms with Crippen molar-refractivity contribution in [2.45, 2.75) is 38.1 Å². The van der Waals surface area contributed by atoms with Crippen LogP contribution in [0.1, 0.15) is 49.5 Å². The Kier molecular flexibility index (Phi) is 5.90. The van der Waals surface area contributed by atoms with Gasteiger partial charge in [0, 0.05) is 19.4 Å². The van der Waals surface area contributed by atoms with Crippen LogP contribution in [-0.2, 0) is 4.79 Å². The van der Waals surface area contributed by atoms with E-state index < -0.39 is 0 Å². The number of nitrogens with one attached hydrogen (secondary N) is 1. The normalized spacial score (nSPS) is 19.3. The van der Waals surface area contributed by atoms with Crippen molar-refractivity contribution in [2.75, 3.05) is 26.7 Å². The first kappa shape index (κ1) is 20.7. The number of piperidine rings is 1. The molecule has 1 aromatic heterocycles. The molecule has 3 heterocycles. The molecule has 1 N–H and O–H groups in total. The van der Waals surface area contributed by atoms with Gasteiger partial charge >= 0.3 is 0 Å². The maximum atomic E-state index is 13.3. The topological polar surface area (TPSA) is 73.8 Å². The number of methoxy groups -OCH3 is 1. The quantitative estimate of drug-likeness (QED) is 0.637. The zero-order valence-corrected chi connectivity index (χ0v) is 18.5. The molecule has 2 aliphatic rings. The van der Waals surface area contributed by atoms with Crippen LogP contribution >= 0.6 is 0 Å². The van der Waals surface area contributed by atoms with E-state index in [1.807, 2.05) is 48.5 Å². The van der Waals surface area contributed by atoms with E-state index in [9.17, 15) is 4.79 Å². The summed E-state index contributed by atoms with van der Waals surface area (Å²) < 4.78 is 5.31. The minimum atomic E-state index is -0.141. The summed E-state index contributed by atoms with van der Waals surface area (Å²) in [5.74, 6) is 1.59. The number of benzene rings is 2. The van der Waals surface area contributed by atoms with Gasteiger partial charge in [-0.3, -0.25) is 4.79 Å². The van der Waals surface area contributed by atoms with Gasteiger partial charge in [-0.15, -0.1) is 0 Å². The number of para-hydroxylation sites is 2. The predicted molar refractivity (Wildman–Crippen MR) is 125 cm³/mol. The second kappa shape index (κ2) is 9.12. The van der Waals surface area contributed by atoms with Crippen molar-refractivity contribution in [3.8, 4) is 5.75 Å². The molecular weight excluding hydrogens is 402 g/mol. The van der Waals surface area contributed by atoms with Gasteiger partial charge in [0.2, 0.25) is 5.91 Å². The number of aromatic nitrogens is 2. The molecule has 0 radical (unpaired) electrons. The summed E-state index contributed by atoms with van der Waals surface area (Å²) in [6.07, 6.45) is 4.84. The Labute approximate surface area is 188 Å². The minimum Gasteiger partial charge on any atom is -0.497 e. The number of H-pyrrole nitrogens is 1. The minimum absolute atomic E-state index is 0.0579. The number of carbonyl (C=O) groups excluding carboxylic acids is 1. The third-order valence-electron chi connectivity index (χ3n) is 6.42. The molecule has 166 valence electrons. The van der Waals surface area contributed by atoms with Crippen LogP contribution in [0.15, 0.2) is 53.6 Å². The molecule has 1 saturated heterocycles. The molecule has 3 aromatic rings. The molecule has 2 aliphatic heterocycles. The summed E-state index contributed by atoms with van der Waals surface area (Å²) in [5, 5.41) is 6.45. The molecule has 7 heteroatoms. The number of ether oxygens (including phenoxy) is 1. The van der Waals surface area contributed by atoms with Gasteiger partial charge in [0.25, 0.3) is 0 Å². The van der Waals surface area contributed by atoms with Crippen LogP contribution in [0.2, 0.25) is 0 Å². The third-order valence-corrected chi connectivity index (χ3v) is 6.42. The van der Waals surface area contributed by atoms with Crippen LogP contribution in [-0.4, -0.2) is 58.2 Å². The monoisotopic (exact) mass is 431 g/mol. The summed E-state index contributed by atoms with van der Waals surface area (Å²) in [6, 6.07) is 15.7. The Morgan fingerprint density at radius 2 is 1.88 bits per heavy atom. The zero-order chi connectivity index (χ0) is 21.9. The van der Waals surface area contributed by atoms with E-state index in [0.717, 1.165) is 53.5 Å². The average molecular weight is 432 g/mol. The maximum Gasteiger partial charge on any atom is 0.244 e. The first-order valence-electron chi connectivity index (χ1n) is 11.4. The summed E-state index contributed by atoms with van der Waals surface area (Å²) in [5.41, 5.74) is 3.74. The van der Waals surface area contributed by atoms with Gasteiger partial charge in [0.1, 0.15) is 11.5 Å². The van der Waals surface area contributed by atoms with Crippen LogP contribution in [0.4, 0.5) is 0 Å². The van der Waals surface area contributed by atoms with Crippen LogP contribution in [0.5, 0.6) is 5.75 Å². The summed E-state index contributed by atoms with van der Waals surface area (Å²) in [7, 11) is 1.66. The Hall–Kier alpha value is -3.19. The van der Waals surface area contributed by atoms with Crippen LogP contribution < -0.4 is 4.74 Å². The second-order valence-corrected chi connectivity index (χ2v) is 8.53. The van der Waals surface area contributed by atoms with Gasteiger partial charge in [0.15, 0.2) is 5.82 Å². The van der Waals surface area contributed by atoms with E-state index in [2.05, 4.69) is 9.88 Å². The second-order valence-electron chi connectivity index (χ2n) is 8.53. The van der Waals surface area contributed by atoms with Crippen molar-refractivity contribution in [3.63, 3.8) is 0 Å². The summed E-state index contributed by atoms with van der Waals surface area (Å²) >= 11 is 0. The van der Waals surface area contributed by atoms with Crippen molar-refractivity contribution < 1.29 is 9.53 Å². The number of rotatable bonds is 6. The maximum absolute atomic E-state index is 13.3. The van der Waals surface area contributed by atoms with E-state index in [1.165, 1.54) is 19.3 Å². The average Bonchev–Trinajstić information content (AvgIpc) is 3.48. The predicted octanol–water partition coefficient (Wildman–Crippen LogP) is 4.13. The molecule has 0 unspecified atom stereocenters. The number of nitrogens with zero attached hydrogens (tertiary/aromatic N) is 4. The van der Waals surface area contributed by atoms with E-state index in [0.29, 0.717) is 12.8 Å². The number of hydrazone groups is 1. The molecular formula is C25H29N5O2. The van der Waals surface area contributed by atoms with E-state index >= 15 is 0 Å². The zero-order valence-electron chi connectivity index (χ0n) is 18.5. The Morgan fingerprint density at radius 3 is 2.62 bits per heavy atom. The fraction of sp³-hybridized carbons (Fsp3) is 0.400. The van der Waals surface area contributed by atoms with Gasteiger partial charge in [0.05, 0.1) is 24.2 Å². The SMILES string of the molecule is COc1ccc([C@@H]2CC(c3nc4ccccc4[nH]3)=NN2C(=O)CCN2CCCCC2)cc1. The van der Waals surface area contributed by atoms with Gasteiger partial charge in [-0.1, -0.05) is 30.7 Å². The molecule has 5 rings (SSSR count). The van der Waals surface area contributed by atoms with Crippen molar-refractivity contribution >= 4 is 22.7 Å². The van der Waals surface area contributed by atoms with Crippen molar-refractivity contribution in [1.29, 1.82) is 0 Å². The summed E-state index contributed by atoms with van der Waals surface area (Å²) in [4.78, 5) is 23.7. The number of aromatic amines is 1. The Balaban J connectivity index is 1.39. The lowest BCUT2D eigenvalue weighted by Crippen LogP contribution is -2.35. The molecule has 32 heavy (non-hydrogen) atoms. The fourth-order valence-electron chi connectivity index (χ4n) is 4.61. The van der Waals surface area contributed by atoms with Crippen molar-refractivity contribution in [1.82, 2.24) is 19.9 Å². The third kappa shape index (κ3) is 4.25. The first-order valence-corrected chi connectivity index (χ1v) is 11.4. The highest BCUT2D eigenvalue weighted by Gasteiger charge is 2.34. The lowest BCUT2D eigenvalue weighted by Gasteiger charge is -2.27. The van der Waals surface area contributed by atoms with E-state index in [1.54, 1.807) is 12.1 Å². The highest BCUT2D eigenvalue weighted by molar-refractivity contribution is 6.02. The molecule has 2 aromatic carbocycles. The van der Waals surface area contributed by atoms with E-state index in [-0.39, 0.29) is 11.9 Å². The number of carbonyl (C=O) groups is 1. The molecule has 0 aliphatic carbocycles. The van der Waals surface area contributed by atoms with Crippen molar-refractivity contribution in [2.24, 2.45) is 5.10 Å². The number of hydrogen-bond acceptors (Lipinski definition) is 5. The molecule has 0 bridgehead atoms. The number of hydrogen-bond donors (Lipinski definition) is 1. The molecule has 1 amide bonds. The fourth-order valence-corrected chi connectivity index (χ4v) is 4.61. The van der Waals surface area contributed by atoms with Crippen molar-refractivity contribution in [3.05, 3.63) is 59.9 Å². The summed E-state index contributed by atoms with van der Waals surface area (Å²) in [6.45, 7) is 2.96. The van der Waals surface area contributed by atoms with Gasteiger partial charge in [-0.05, 0) is 55.8 Å². The molecule has 7 nitrogen and oxygen atoms in total.